The Kier molecular flexibility index (Phi) is 4.35. The zero-order valence-electron chi connectivity index (χ0n) is 8.81. The molecule has 1 saturated carbocycles. The van der Waals surface area contributed by atoms with Gasteiger partial charge in [-0.1, -0.05) is 12.8 Å². The minimum Gasteiger partial charge on any atom is -0.394 e. The maximum Gasteiger partial charge on any atom is 0.216 e. The molecule has 0 bridgehead atoms. The second-order valence-corrected chi connectivity index (χ2v) is 4.06. The average molecular weight is 200 g/mol. The van der Waals surface area contributed by atoms with E-state index in [2.05, 4.69) is 10.6 Å². The predicted octanol–water partition coefficient (Wildman–Crippen LogP) is 0.0172. The summed E-state index contributed by atoms with van der Waals surface area (Å²) in [6.07, 6.45) is 4.47. The van der Waals surface area contributed by atoms with E-state index in [1.165, 1.54) is 19.8 Å². The first kappa shape index (κ1) is 11.5. The summed E-state index contributed by atoms with van der Waals surface area (Å²) in [5.74, 6) is -0.00345. The number of aliphatic hydroxyl groups excluding tert-OH is 1. The van der Waals surface area contributed by atoms with Gasteiger partial charge in [-0.15, -0.1) is 0 Å². The van der Waals surface area contributed by atoms with Crippen molar-refractivity contribution < 1.29 is 9.90 Å². The molecule has 1 fully saturated rings. The fourth-order valence-electron chi connectivity index (χ4n) is 2.01. The largest absolute Gasteiger partial charge is 0.394 e. The molecule has 14 heavy (non-hydrogen) atoms. The Morgan fingerprint density at radius 3 is 2.50 bits per heavy atom. The summed E-state index contributed by atoms with van der Waals surface area (Å²) in [7, 11) is 0. The van der Waals surface area contributed by atoms with E-state index in [1.807, 2.05) is 0 Å². The van der Waals surface area contributed by atoms with Gasteiger partial charge in [0.2, 0.25) is 5.91 Å². The summed E-state index contributed by atoms with van der Waals surface area (Å²) in [5.41, 5.74) is -0.0710. The monoisotopic (exact) mass is 200 g/mol. The highest BCUT2D eigenvalue weighted by Gasteiger charge is 2.31. The molecule has 0 spiro atoms. The first-order valence-electron chi connectivity index (χ1n) is 5.29. The van der Waals surface area contributed by atoms with Gasteiger partial charge in [0.1, 0.15) is 0 Å². The molecule has 0 unspecified atom stereocenters. The normalized spacial score (nSPS) is 19.6. The zero-order chi connectivity index (χ0) is 10.4. The van der Waals surface area contributed by atoms with Crippen LogP contribution in [0.25, 0.3) is 0 Å². The molecular formula is C10H20N2O2. The Balaban J connectivity index is 2.18. The van der Waals surface area contributed by atoms with Crippen LogP contribution < -0.4 is 10.6 Å². The molecule has 4 nitrogen and oxygen atoms in total. The zero-order valence-corrected chi connectivity index (χ0v) is 8.81. The lowest BCUT2D eigenvalue weighted by Gasteiger charge is -2.28. The molecule has 0 saturated heterocycles. The van der Waals surface area contributed by atoms with Gasteiger partial charge in [-0.25, -0.2) is 0 Å². The Labute approximate surface area is 85.1 Å². The highest BCUT2D eigenvalue weighted by Crippen LogP contribution is 2.28. The third-order valence-electron chi connectivity index (χ3n) is 2.86. The van der Waals surface area contributed by atoms with Gasteiger partial charge in [0.15, 0.2) is 0 Å². The molecule has 0 radical (unpaired) electrons. The van der Waals surface area contributed by atoms with E-state index in [1.54, 1.807) is 0 Å². The van der Waals surface area contributed by atoms with Crippen molar-refractivity contribution in [3.8, 4) is 0 Å². The number of carbonyl (C=O) groups is 1. The lowest BCUT2D eigenvalue weighted by molar-refractivity contribution is -0.118. The van der Waals surface area contributed by atoms with Gasteiger partial charge in [0, 0.05) is 25.6 Å². The fourth-order valence-corrected chi connectivity index (χ4v) is 2.01. The molecule has 3 N–H and O–H groups in total. The molecule has 4 heteroatoms. The molecule has 0 aromatic rings. The van der Waals surface area contributed by atoms with Gasteiger partial charge >= 0.3 is 0 Å². The molecule has 1 aliphatic rings. The molecule has 0 atom stereocenters. The molecule has 1 rings (SSSR count). The number of nitrogens with one attached hydrogen (secondary N) is 2. The van der Waals surface area contributed by atoms with Crippen LogP contribution in [0.4, 0.5) is 0 Å². The van der Waals surface area contributed by atoms with E-state index in [4.69, 9.17) is 0 Å². The topological polar surface area (TPSA) is 61.4 Å². The fraction of sp³-hybridized carbons (Fsp3) is 0.900. The quantitative estimate of drug-likeness (QED) is 0.548. The molecule has 0 aliphatic heterocycles. The smallest absolute Gasteiger partial charge is 0.216 e. The first-order valence-corrected chi connectivity index (χ1v) is 5.29. The van der Waals surface area contributed by atoms with Crippen molar-refractivity contribution in [1.82, 2.24) is 10.6 Å². The predicted molar refractivity (Wildman–Crippen MR) is 55.0 cm³/mol. The van der Waals surface area contributed by atoms with Gasteiger partial charge in [-0.3, -0.25) is 4.79 Å². The Hall–Kier alpha value is -0.610. The molecule has 82 valence electrons. The standard InChI is InChI=1S/C10H20N2O2/c1-9(14)11-6-7-12-10(8-13)4-2-3-5-10/h12-13H,2-8H2,1H3,(H,11,14). The van der Waals surface area contributed by atoms with Crippen molar-refractivity contribution in [2.24, 2.45) is 0 Å². The van der Waals surface area contributed by atoms with Crippen molar-refractivity contribution in [2.45, 2.75) is 38.1 Å². The maximum atomic E-state index is 10.6. The molecular weight excluding hydrogens is 180 g/mol. The SMILES string of the molecule is CC(=O)NCCNC1(CO)CCCC1. The number of hydrogen-bond acceptors (Lipinski definition) is 3. The maximum absolute atomic E-state index is 10.6. The second kappa shape index (κ2) is 5.32. The summed E-state index contributed by atoms with van der Waals surface area (Å²) >= 11 is 0. The van der Waals surface area contributed by atoms with Crippen LogP contribution in [0.15, 0.2) is 0 Å². The summed E-state index contributed by atoms with van der Waals surface area (Å²) in [5, 5.41) is 15.3. The third kappa shape index (κ3) is 3.27. The van der Waals surface area contributed by atoms with Crippen molar-refractivity contribution in [3.05, 3.63) is 0 Å². The van der Waals surface area contributed by atoms with Gasteiger partial charge in [0.25, 0.3) is 0 Å². The number of rotatable bonds is 5. The van der Waals surface area contributed by atoms with Crippen molar-refractivity contribution >= 4 is 5.91 Å². The van der Waals surface area contributed by atoms with Crippen molar-refractivity contribution in [2.75, 3.05) is 19.7 Å². The highest BCUT2D eigenvalue weighted by molar-refractivity contribution is 5.72. The Bertz CT molecular complexity index is 189. The number of hydrogen-bond donors (Lipinski definition) is 3. The summed E-state index contributed by atoms with van der Waals surface area (Å²) in [4.78, 5) is 10.6. The van der Waals surface area contributed by atoms with Gasteiger partial charge < -0.3 is 15.7 Å². The number of carbonyl (C=O) groups excluding carboxylic acids is 1. The molecule has 0 aromatic heterocycles. The Morgan fingerprint density at radius 2 is 2.00 bits per heavy atom. The first-order chi connectivity index (χ1) is 6.68. The summed E-state index contributed by atoms with van der Waals surface area (Å²) < 4.78 is 0. The van der Waals surface area contributed by atoms with E-state index in [0.717, 1.165) is 19.4 Å². The second-order valence-electron chi connectivity index (χ2n) is 4.06. The van der Waals surface area contributed by atoms with Crippen molar-refractivity contribution in [1.29, 1.82) is 0 Å². The highest BCUT2D eigenvalue weighted by atomic mass is 16.3. The molecule has 1 aliphatic carbocycles. The van der Waals surface area contributed by atoms with Crippen LogP contribution in [0.3, 0.4) is 0 Å². The van der Waals surface area contributed by atoms with Crippen LogP contribution in [0, 0.1) is 0 Å². The summed E-state index contributed by atoms with van der Waals surface area (Å²) in [6.45, 7) is 3.08. The number of aliphatic hydroxyl groups is 1. The third-order valence-corrected chi connectivity index (χ3v) is 2.86. The Morgan fingerprint density at radius 1 is 1.36 bits per heavy atom. The lowest BCUT2D eigenvalue weighted by atomic mass is 9.99. The summed E-state index contributed by atoms with van der Waals surface area (Å²) in [6, 6.07) is 0. The van der Waals surface area contributed by atoms with Crippen LogP contribution in [0.1, 0.15) is 32.6 Å². The van der Waals surface area contributed by atoms with E-state index < -0.39 is 0 Å². The molecule has 0 heterocycles. The van der Waals surface area contributed by atoms with Crippen LogP contribution in [-0.4, -0.2) is 36.2 Å². The van der Waals surface area contributed by atoms with E-state index in [0.29, 0.717) is 6.54 Å². The van der Waals surface area contributed by atoms with E-state index in [9.17, 15) is 9.90 Å². The van der Waals surface area contributed by atoms with Gasteiger partial charge in [-0.2, -0.15) is 0 Å². The van der Waals surface area contributed by atoms with Crippen LogP contribution in [-0.2, 0) is 4.79 Å². The average Bonchev–Trinajstić information content (AvgIpc) is 2.62. The lowest BCUT2D eigenvalue weighted by Crippen LogP contribution is -2.48. The van der Waals surface area contributed by atoms with Crippen LogP contribution >= 0.6 is 0 Å². The van der Waals surface area contributed by atoms with Crippen LogP contribution in [0.5, 0.6) is 0 Å². The minimum atomic E-state index is -0.0710. The van der Waals surface area contributed by atoms with Crippen LogP contribution in [0.2, 0.25) is 0 Å². The van der Waals surface area contributed by atoms with Gasteiger partial charge in [-0.05, 0) is 12.8 Å². The van der Waals surface area contributed by atoms with E-state index in [-0.39, 0.29) is 18.1 Å². The molecule has 0 aromatic carbocycles. The number of amides is 1. The van der Waals surface area contributed by atoms with Crippen molar-refractivity contribution in [3.63, 3.8) is 0 Å². The molecule has 1 amide bonds. The minimum absolute atomic E-state index is 0.00345. The van der Waals surface area contributed by atoms with E-state index >= 15 is 0 Å². The van der Waals surface area contributed by atoms with Gasteiger partial charge in [0.05, 0.1) is 6.61 Å².